The van der Waals surface area contributed by atoms with Gasteiger partial charge in [0.1, 0.15) is 11.5 Å². The predicted molar refractivity (Wildman–Crippen MR) is 101 cm³/mol. The fourth-order valence-corrected chi connectivity index (χ4v) is 2.69. The second-order valence-electron chi connectivity index (χ2n) is 6.43. The number of carbonyl (C=O) groups is 1. The summed E-state index contributed by atoms with van der Waals surface area (Å²) >= 11 is 0. The van der Waals surface area contributed by atoms with Crippen LogP contribution in [0.1, 0.15) is 22.8 Å². The lowest BCUT2D eigenvalue weighted by Gasteiger charge is -2.13. The Labute approximate surface area is 160 Å². The zero-order valence-electron chi connectivity index (χ0n) is 15.1. The molecule has 0 aliphatic rings. The number of halogens is 3. The van der Waals surface area contributed by atoms with Crippen LogP contribution in [0.5, 0.6) is 11.5 Å². The van der Waals surface area contributed by atoms with Crippen LogP contribution in [-0.2, 0) is 6.18 Å². The number of alkyl halides is 3. The van der Waals surface area contributed by atoms with Crippen LogP contribution in [-0.4, -0.2) is 18.5 Å². The first kappa shape index (κ1) is 19.7. The lowest BCUT2D eigenvalue weighted by atomic mass is 10.1. The van der Waals surface area contributed by atoms with Crippen molar-refractivity contribution in [2.24, 2.45) is 5.73 Å². The second kappa shape index (κ2) is 7.90. The standard InChI is InChI=1S/C21H19F3N2O2/c1-13(12-25)26-20(27)15-5-10-18-14(11-15)3-2-4-19(18)28-17-8-6-16(7-9-17)21(22,23)24/h2-11,13H,12,25H2,1H3,(H,26,27)/t13-/m1/s1. The van der Waals surface area contributed by atoms with Crippen molar-refractivity contribution in [1.82, 2.24) is 5.32 Å². The van der Waals surface area contributed by atoms with Gasteiger partial charge in [-0.25, -0.2) is 0 Å². The van der Waals surface area contributed by atoms with Crippen molar-refractivity contribution in [2.75, 3.05) is 6.54 Å². The average molecular weight is 388 g/mol. The van der Waals surface area contributed by atoms with Gasteiger partial charge in [0, 0.05) is 23.5 Å². The number of nitrogens with one attached hydrogen (secondary N) is 1. The van der Waals surface area contributed by atoms with Crippen LogP contribution in [0.3, 0.4) is 0 Å². The van der Waals surface area contributed by atoms with Gasteiger partial charge in [-0.2, -0.15) is 13.2 Å². The topological polar surface area (TPSA) is 64.3 Å². The van der Waals surface area contributed by atoms with E-state index < -0.39 is 11.7 Å². The van der Waals surface area contributed by atoms with Gasteiger partial charge >= 0.3 is 6.18 Å². The van der Waals surface area contributed by atoms with Crippen molar-refractivity contribution in [3.8, 4) is 11.5 Å². The van der Waals surface area contributed by atoms with Crippen LogP contribution in [0.2, 0.25) is 0 Å². The van der Waals surface area contributed by atoms with Crippen LogP contribution in [0, 0.1) is 0 Å². The maximum absolute atomic E-state index is 12.7. The van der Waals surface area contributed by atoms with Crippen molar-refractivity contribution in [2.45, 2.75) is 19.1 Å². The first-order chi connectivity index (χ1) is 13.3. The van der Waals surface area contributed by atoms with Crippen LogP contribution in [0.15, 0.2) is 60.7 Å². The number of amides is 1. The molecule has 146 valence electrons. The van der Waals surface area contributed by atoms with Crippen molar-refractivity contribution in [1.29, 1.82) is 0 Å². The lowest BCUT2D eigenvalue weighted by molar-refractivity contribution is -0.137. The highest BCUT2D eigenvalue weighted by Gasteiger charge is 2.30. The molecule has 1 amide bonds. The maximum Gasteiger partial charge on any atom is 0.416 e. The van der Waals surface area contributed by atoms with Crippen molar-refractivity contribution >= 4 is 16.7 Å². The highest BCUT2D eigenvalue weighted by molar-refractivity contribution is 6.00. The van der Waals surface area contributed by atoms with Gasteiger partial charge in [-0.3, -0.25) is 4.79 Å². The molecule has 0 saturated heterocycles. The third-order valence-electron chi connectivity index (χ3n) is 4.24. The molecule has 3 aromatic rings. The molecule has 0 aromatic heterocycles. The van der Waals surface area contributed by atoms with Crippen molar-refractivity contribution in [3.63, 3.8) is 0 Å². The van der Waals surface area contributed by atoms with Crippen LogP contribution in [0.4, 0.5) is 13.2 Å². The molecule has 0 bridgehead atoms. The van der Waals surface area contributed by atoms with E-state index in [1.807, 2.05) is 13.0 Å². The van der Waals surface area contributed by atoms with E-state index in [1.165, 1.54) is 12.1 Å². The third-order valence-corrected chi connectivity index (χ3v) is 4.24. The molecular weight excluding hydrogens is 369 g/mol. The molecule has 0 aliphatic carbocycles. The smallest absolute Gasteiger partial charge is 0.416 e. The Balaban J connectivity index is 1.85. The molecule has 3 aromatic carbocycles. The Morgan fingerprint density at radius 1 is 1.11 bits per heavy atom. The van der Waals surface area contributed by atoms with E-state index in [1.54, 1.807) is 30.3 Å². The molecule has 7 heteroatoms. The van der Waals surface area contributed by atoms with E-state index in [2.05, 4.69) is 5.32 Å². The zero-order valence-corrected chi connectivity index (χ0v) is 15.1. The van der Waals surface area contributed by atoms with Gasteiger partial charge in [0.15, 0.2) is 0 Å². The summed E-state index contributed by atoms with van der Waals surface area (Å²) in [5.74, 6) is 0.549. The monoisotopic (exact) mass is 388 g/mol. The quantitative estimate of drug-likeness (QED) is 0.664. The summed E-state index contributed by atoms with van der Waals surface area (Å²) in [5, 5.41) is 4.31. The predicted octanol–water partition coefficient (Wildman–Crippen LogP) is 4.73. The Kier molecular flexibility index (Phi) is 5.56. The Bertz CT molecular complexity index is 985. The highest BCUT2D eigenvalue weighted by Crippen LogP contribution is 2.33. The molecule has 4 nitrogen and oxygen atoms in total. The Morgan fingerprint density at radius 3 is 2.46 bits per heavy atom. The van der Waals surface area contributed by atoms with E-state index in [0.717, 1.165) is 22.9 Å². The van der Waals surface area contributed by atoms with Crippen LogP contribution >= 0.6 is 0 Å². The summed E-state index contributed by atoms with van der Waals surface area (Å²) in [6.45, 7) is 2.15. The average Bonchev–Trinajstić information content (AvgIpc) is 2.67. The molecule has 0 unspecified atom stereocenters. The molecule has 0 aliphatic heterocycles. The molecular formula is C21H19F3N2O2. The Morgan fingerprint density at radius 2 is 1.82 bits per heavy atom. The van der Waals surface area contributed by atoms with Gasteiger partial charge in [0.05, 0.1) is 5.56 Å². The van der Waals surface area contributed by atoms with Gasteiger partial charge in [-0.15, -0.1) is 0 Å². The summed E-state index contributed by atoms with van der Waals surface area (Å²) < 4.78 is 43.8. The number of fused-ring (bicyclic) bond motifs is 1. The molecule has 0 spiro atoms. The van der Waals surface area contributed by atoms with Crippen molar-refractivity contribution < 1.29 is 22.7 Å². The molecule has 1 atom stereocenters. The van der Waals surface area contributed by atoms with E-state index in [-0.39, 0.29) is 11.9 Å². The van der Waals surface area contributed by atoms with E-state index in [9.17, 15) is 18.0 Å². The normalized spacial score (nSPS) is 12.6. The highest BCUT2D eigenvalue weighted by atomic mass is 19.4. The number of carbonyl (C=O) groups excluding carboxylic acids is 1. The van der Waals surface area contributed by atoms with Crippen molar-refractivity contribution in [3.05, 3.63) is 71.8 Å². The van der Waals surface area contributed by atoms with E-state index in [0.29, 0.717) is 23.6 Å². The van der Waals surface area contributed by atoms with E-state index in [4.69, 9.17) is 10.5 Å². The van der Waals surface area contributed by atoms with Gasteiger partial charge in [0.2, 0.25) is 0 Å². The fraction of sp³-hybridized carbons (Fsp3) is 0.190. The SMILES string of the molecule is C[C@H](CN)NC(=O)c1ccc2c(Oc3ccc(C(F)(F)F)cc3)cccc2c1. The first-order valence-corrected chi connectivity index (χ1v) is 8.67. The number of rotatable bonds is 5. The van der Waals surface area contributed by atoms with Crippen LogP contribution in [0.25, 0.3) is 10.8 Å². The van der Waals surface area contributed by atoms with Gasteiger partial charge < -0.3 is 15.8 Å². The van der Waals surface area contributed by atoms with Crippen LogP contribution < -0.4 is 15.8 Å². The van der Waals surface area contributed by atoms with Gasteiger partial charge in [-0.05, 0) is 60.8 Å². The minimum absolute atomic E-state index is 0.141. The summed E-state index contributed by atoms with van der Waals surface area (Å²) in [6.07, 6.45) is -4.39. The number of nitrogens with two attached hydrogens (primary N) is 1. The third kappa shape index (κ3) is 4.43. The molecule has 0 saturated carbocycles. The minimum Gasteiger partial charge on any atom is -0.457 e. The number of hydrogen-bond acceptors (Lipinski definition) is 3. The number of ether oxygens (including phenoxy) is 1. The molecule has 0 heterocycles. The zero-order chi connectivity index (χ0) is 20.3. The minimum atomic E-state index is -4.39. The Hall–Kier alpha value is -3.06. The molecule has 3 rings (SSSR count). The largest absolute Gasteiger partial charge is 0.457 e. The van der Waals surface area contributed by atoms with Gasteiger partial charge in [0.25, 0.3) is 5.91 Å². The summed E-state index contributed by atoms with van der Waals surface area (Å²) in [7, 11) is 0. The first-order valence-electron chi connectivity index (χ1n) is 8.67. The number of benzene rings is 3. The summed E-state index contributed by atoms with van der Waals surface area (Å²) in [5.41, 5.74) is 5.27. The number of hydrogen-bond donors (Lipinski definition) is 2. The second-order valence-corrected chi connectivity index (χ2v) is 6.43. The molecule has 3 N–H and O–H groups in total. The molecule has 28 heavy (non-hydrogen) atoms. The molecule has 0 fully saturated rings. The fourth-order valence-electron chi connectivity index (χ4n) is 2.69. The molecule has 0 radical (unpaired) electrons. The maximum atomic E-state index is 12.7. The summed E-state index contributed by atoms with van der Waals surface area (Å²) in [6, 6.07) is 14.8. The van der Waals surface area contributed by atoms with E-state index >= 15 is 0 Å². The van der Waals surface area contributed by atoms with Gasteiger partial charge in [-0.1, -0.05) is 12.1 Å². The lowest BCUT2D eigenvalue weighted by Crippen LogP contribution is -2.37. The summed E-state index contributed by atoms with van der Waals surface area (Å²) in [4.78, 5) is 12.3.